The number of halogens is 1. The molecule has 1 saturated carbocycles. The predicted octanol–water partition coefficient (Wildman–Crippen LogP) is 7.30. The van der Waals surface area contributed by atoms with E-state index in [1.165, 1.54) is 18.2 Å². The number of carbonyl (C=O) groups excluding carboxylic acids is 1. The molecule has 4 atom stereocenters. The van der Waals surface area contributed by atoms with Crippen molar-refractivity contribution in [2.24, 2.45) is 11.8 Å². The van der Waals surface area contributed by atoms with Crippen LogP contribution in [0.3, 0.4) is 0 Å². The minimum Gasteiger partial charge on any atom is -0.492 e. The number of hydrogen-bond donors (Lipinski definition) is 1. The van der Waals surface area contributed by atoms with Gasteiger partial charge < -0.3 is 14.2 Å². The number of likely N-dealkylation sites (tertiary alicyclic amines) is 1. The van der Waals surface area contributed by atoms with Crippen LogP contribution in [0.4, 0.5) is 5.69 Å². The van der Waals surface area contributed by atoms with Gasteiger partial charge in [-0.15, -0.1) is 0 Å². The van der Waals surface area contributed by atoms with Crippen molar-refractivity contribution in [3.8, 4) is 11.5 Å². The van der Waals surface area contributed by atoms with Crippen LogP contribution in [-0.4, -0.2) is 63.2 Å². The molecule has 0 bridgehead atoms. The number of piperidine rings is 1. The van der Waals surface area contributed by atoms with E-state index in [1.54, 1.807) is 19.1 Å². The first-order valence-corrected chi connectivity index (χ1v) is 20.0. The number of rotatable bonds is 16. The van der Waals surface area contributed by atoms with E-state index in [9.17, 15) is 23.3 Å². The van der Waals surface area contributed by atoms with E-state index in [1.807, 2.05) is 60.7 Å². The van der Waals surface area contributed by atoms with Crippen LogP contribution in [0.15, 0.2) is 95.9 Å². The number of sulfonamides is 1. The van der Waals surface area contributed by atoms with Crippen LogP contribution < -0.4 is 14.2 Å². The third kappa shape index (κ3) is 9.59. The number of carbonyl (C=O) groups is 1. The summed E-state index contributed by atoms with van der Waals surface area (Å²) in [6, 6.07) is 26.5. The molecule has 1 heterocycles. The van der Waals surface area contributed by atoms with Gasteiger partial charge in [0.15, 0.2) is 6.10 Å². The van der Waals surface area contributed by atoms with Crippen molar-refractivity contribution >= 4 is 33.3 Å². The highest BCUT2D eigenvalue weighted by molar-refractivity contribution is 7.89. The Labute approximate surface area is 321 Å². The molecule has 1 saturated heterocycles. The number of esters is 1. The number of nitrogens with one attached hydrogen (secondary N) is 1. The highest BCUT2D eigenvalue weighted by Crippen LogP contribution is 2.59. The summed E-state index contributed by atoms with van der Waals surface area (Å²) in [5.41, 5.74) is 3.47. The lowest BCUT2D eigenvalue weighted by molar-refractivity contribution is -0.385. The van der Waals surface area contributed by atoms with Gasteiger partial charge in [0.05, 0.1) is 16.4 Å². The van der Waals surface area contributed by atoms with E-state index in [4.69, 9.17) is 25.8 Å². The van der Waals surface area contributed by atoms with Crippen LogP contribution in [0, 0.1) is 22.0 Å². The second kappa shape index (κ2) is 16.5. The molecule has 0 radical (unpaired) electrons. The van der Waals surface area contributed by atoms with E-state index in [2.05, 4.69) is 30.4 Å². The summed E-state index contributed by atoms with van der Waals surface area (Å²) in [6.45, 7) is 10.7. The van der Waals surface area contributed by atoms with Gasteiger partial charge in [-0.25, -0.2) is 17.9 Å². The summed E-state index contributed by atoms with van der Waals surface area (Å²) < 4.78 is 46.9. The van der Waals surface area contributed by atoms with Crippen LogP contribution in [0.5, 0.6) is 11.5 Å². The largest absolute Gasteiger partial charge is 0.492 e. The minimum atomic E-state index is -4.00. The van der Waals surface area contributed by atoms with Crippen LogP contribution in [0.1, 0.15) is 55.9 Å². The second-order valence-corrected chi connectivity index (χ2v) is 17.1. The van der Waals surface area contributed by atoms with Gasteiger partial charge in [0, 0.05) is 49.8 Å². The van der Waals surface area contributed by atoms with E-state index >= 15 is 0 Å². The van der Waals surface area contributed by atoms with Crippen LogP contribution in [-0.2, 0) is 37.9 Å². The Morgan fingerprint density at radius 2 is 1.57 bits per heavy atom. The molecule has 1 aliphatic carbocycles. The van der Waals surface area contributed by atoms with Crippen LogP contribution in [0.2, 0.25) is 5.02 Å². The van der Waals surface area contributed by atoms with Gasteiger partial charge in [-0.2, -0.15) is 0 Å². The molecule has 2 aliphatic rings. The monoisotopic (exact) mass is 775 g/mol. The first-order valence-electron chi connectivity index (χ1n) is 18.1. The Hall–Kier alpha value is -4.49. The first-order chi connectivity index (χ1) is 25.7. The highest BCUT2D eigenvalue weighted by atomic mass is 35.5. The molecule has 1 N–H and O–H groups in total. The maximum Gasteiger partial charge on any atom is 0.347 e. The van der Waals surface area contributed by atoms with Crippen molar-refractivity contribution in [1.82, 2.24) is 9.62 Å². The Balaban J connectivity index is 1.03. The molecule has 4 aromatic rings. The fourth-order valence-electron chi connectivity index (χ4n) is 7.17. The highest BCUT2D eigenvalue weighted by Gasteiger charge is 2.57. The molecule has 54 heavy (non-hydrogen) atoms. The molecule has 0 aromatic heterocycles. The number of ether oxygens (including phenoxy) is 3. The number of hydrogen-bond acceptors (Lipinski definition) is 9. The normalized spacial score (nSPS) is 18.8. The van der Waals surface area contributed by atoms with Gasteiger partial charge in [0.1, 0.15) is 18.1 Å². The summed E-state index contributed by atoms with van der Waals surface area (Å²) in [7, 11) is -4.00. The fraction of sp³-hybridized carbons (Fsp3) is 0.390. The summed E-state index contributed by atoms with van der Waals surface area (Å²) >= 11 is 6.03. The summed E-state index contributed by atoms with van der Waals surface area (Å²) in [4.78, 5) is 26.3. The summed E-state index contributed by atoms with van der Waals surface area (Å²) in [6.07, 6.45) is -0.569. The lowest BCUT2D eigenvalue weighted by atomic mass is 9.87. The summed E-state index contributed by atoms with van der Waals surface area (Å²) in [5.74, 6) is 1.01. The molecule has 1 aliphatic heterocycles. The maximum atomic E-state index is 13.6. The molecular formula is C41H46ClN3O8S. The zero-order valence-corrected chi connectivity index (χ0v) is 32.4. The lowest BCUT2D eigenvalue weighted by Crippen LogP contribution is -2.31. The number of non-ortho nitro benzene ring substituents is 1. The number of benzene rings is 4. The average molecular weight is 776 g/mol. The van der Waals surface area contributed by atoms with Crippen molar-refractivity contribution in [2.75, 3.05) is 32.8 Å². The first kappa shape index (κ1) is 39.2. The topological polar surface area (TPSA) is 137 Å². The molecule has 0 spiro atoms. The van der Waals surface area contributed by atoms with Crippen LogP contribution in [0.25, 0.3) is 0 Å². The average Bonchev–Trinajstić information content (AvgIpc) is 3.64. The third-order valence-corrected chi connectivity index (χ3v) is 11.8. The van der Waals surface area contributed by atoms with E-state index in [0.29, 0.717) is 22.1 Å². The van der Waals surface area contributed by atoms with E-state index < -0.39 is 27.0 Å². The standard InChI is InChI=1S/C41H46ClN3O8S/c1-5-51-40(46)37(53-33-17-10-29(11-18-33)41(2,3)4)22-27-8-15-32(16-9-27)52-21-20-43-54(49,50)38-19-14-31(45(47)48)23-34(38)39-35-25-44(26-36(35)39)24-28-6-12-30(42)13-7-28/h6-19,23,35-37,39,43H,5,20-22,24-26H2,1-4H3/t35-,36?,37+,39?/m1/s1. The molecule has 13 heteroatoms. The molecule has 0 amide bonds. The van der Waals surface area contributed by atoms with Crippen molar-refractivity contribution in [3.05, 3.63) is 128 Å². The van der Waals surface area contributed by atoms with Gasteiger partial charge >= 0.3 is 5.97 Å². The van der Waals surface area contributed by atoms with Gasteiger partial charge in [0.25, 0.3) is 5.69 Å². The van der Waals surface area contributed by atoms with Crippen molar-refractivity contribution in [2.45, 2.75) is 63.0 Å². The SMILES string of the molecule is CCOC(=O)[C@H](Cc1ccc(OCCNS(=O)(=O)c2ccc([N+](=O)[O-])cc2C2C3CN(Cc4ccc(Cl)cc4)C[C@H]32)cc1)Oc1ccc(C(C)(C)C)cc1. The van der Waals surface area contributed by atoms with E-state index in [0.717, 1.165) is 36.3 Å². The van der Waals surface area contributed by atoms with Crippen LogP contribution >= 0.6 is 11.6 Å². The lowest BCUT2D eigenvalue weighted by Gasteiger charge is -2.21. The molecular weight excluding hydrogens is 730 g/mol. The molecule has 2 unspecified atom stereocenters. The molecule has 6 rings (SSSR count). The Kier molecular flexibility index (Phi) is 12.0. The van der Waals surface area contributed by atoms with E-state index in [-0.39, 0.29) is 59.9 Å². The zero-order chi connectivity index (χ0) is 38.6. The van der Waals surface area contributed by atoms with Gasteiger partial charge in [-0.05, 0) is 94.8 Å². The second-order valence-electron chi connectivity index (χ2n) is 14.9. The Morgan fingerprint density at radius 1 is 0.944 bits per heavy atom. The maximum absolute atomic E-state index is 13.6. The summed E-state index contributed by atoms with van der Waals surface area (Å²) in [5, 5.41) is 12.3. The Morgan fingerprint density at radius 3 is 2.19 bits per heavy atom. The quantitative estimate of drug-likeness (QED) is 0.0538. The van der Waals surface area contributed by atoms with Gasteiger partial charge in [-0.1, -0.05) is 68.8 Å². The van der Waals surface area contributed by atoms with Crippen molar-refractivity contribution < 1.29 is 32.3 Å². The molecule has 11 nitrogen and oxygen atoms in total. The number of nitro groups is 1. The van der Waals surface area contributed by atoms with Crippen molar-refractivity contribution in [3.63, 3.8) is 0 Å². The van der Waals surface area contributed by atoms with Gasteiger partial charge in [0.2, 0.25) is 10.0 Å². The van der Waals surface area contributed by atoms with Gasteiger partial charge in [-0.3, -0.25) is 15.0 Å². The number of fused-ring (bicyclic) bond motifs is 1. The number of nitrogens with zero attached hydrogens (tertiary/aromatic N) is 2. The minimum absolute atomic E-state index is 0.0110. The Bertz CT molecular complexity index is 2040. The third-order valence-electron chi connectivity index (χ3n) is 10.00. The fourth-order valence-corrected chi connectivity index (χ4v) is 8.56. The molecule has 4 aromatic carbocycles. The smallest absolute Gasteiger partial charge is 0.347 e. The number of nitro benzene ring substituents is 1. The predicted molar refractivity (Wildman–Crippen MR) is 207 cm³/mol. The molecule has 2 fully saturated rings. The molecule has 286 valence electrons. The van der Waals surface area contributed by atoms with Crippen molar-refractivity contribution in [1.29, 1.82) is 0 Å². The zero-order valence-electron chi connectivity index (χ0n) is 30.9.